The van der Waals surface area contributed by atoms with Crippen LogP contribution in [0.2, 0.25) is 0 Å². The number of ether oxygens (including phenoxy) is 1. The van der Waals surface area contributed by atoms with Crippen molar-refractivity contribution in [3.63, 3.8) is 0 Å². The summed E-state index contributed by atoms with van der Waals surface area (Å²) in [4.78, 5) is 76.3. The third-order valence-corrected chi connectivity index (χ3v) is 6.18. The summed E-state index contributed by atoms with van der Waals surface area (Å²) in [5.74, 6) is -3.33. The van der Waals surface area contributed by atoms with E-state index in [4.69, 9.17) is 10.5 Å². The highest BCUT2D eigenvalue weighted by atomic mass is 16.6. The predicted octanol–water partition coefficient (Wildman–Crippen LogP) is 0.372. The van der Waals surface area contributed by atoms with Gasteiger partial charge in [0.2, 0.25) is 17.6 Å². The van der Waals surface area contributed by atoms with Gasteiger partial charge in [0.1, 0.15) is 24.2 Å². The number of likely N-dealkylation sites (tertiary alicyclic amines) is 1. The van der Waals surface area contributed by atoms with Crippen LogP contribution in [0.15, 0.2) is 0 Å². The predicted molar refractivity (Wildman–Crippen MR) is 134 cm³/mol. The fourth-order valence-corrected chi connectivity index (χ4v) is 4.19. The highest BCUT2D eigenvalue weighted by Gasteiger charge is 2.43. The number of nitrogens with one attached hydrogen (secondary N) is 3. The summed E-state index contributed by atoms with van der Waals surface area (Å²) in [6.07, 6.45) is 3.10. The number of Topliss-reactive ketones (excluding diaryl/α,β-unsaturated/α-hetero) is 1. The molecule has 1 saturated heterocycles. The Labute approximate surface area is 217 Å². The minimum absolute atomic E-state index is 0.253. The van der Waals surface area contributed by atoms with Crippen LogP contribution in [0.1, 0.15) is 73.6 Å². The smallest absolute Gasteiger partial charge is 0.325 e. The van der Waals surface area contributed by atoms with Gasteiger partial charge in [-0.25, -0.2) is 4.79 Å². The maximum absolute atomic E-state index is 13.6. The minimum Gasteiger partial charge on any atom is -0.459 e. The molecule has 2 aliphatic rings. The van der Waals surface area contributed by atoms with Gasteiger partial charge in [-0.15, -0.1) is 0 Å². The Bertz CT molecular complexity index is 917. The van der Waals surface area contributed by atoms with Crippen LogP contribution >= 0.6 is 0 Å². The molecule has 0 aromatic heterocycles. The zero-order valence-electron chi connectivity index (χ0n) is 22.6. The molecule has 1 aliphatic carbocycles. The molecule has 0 radical (unpaired) electrons. The van der Waals surface area contributed by atoms with Gasteiger partial charge in [0.15, 0.2) is 0 Å². The van der Waals surface area contributed by atoms with Gasteiger partial charge in [-0.05, 0) is 51.4 Å². The summed E-state index contributed by atoms with van der Waals surface area (Å²) in [5, 5.41) is 7.66. The first-order valence-electron chi connectivity index (χ1n) is 12.7. The topological polar surface area (TPSA) is 177 Å². The molecule has 0 aromatic rings. The molecular formula is C25H41N5O7. The number of rotatable bonds is 10. The lowest BCUT2D eigenvalue weighted by atomic mass is 9.85. The van der Waals surface area contributed by atoms with Crippen LogP contribution in [0.4, 0.5) is 4.79 Å². The van der Waals surface area contributed by atoms with Gasteiger partial charge < -0.3 is 31.3 Å². The summed E-state index contributed by atoms with van der Waals surface area (Å²) in [6, 6.07) is -3.61. The van der Waals surface area contributed by atoms with Crippen LogP contribution in [0, 0.1) is 11.3 Å². The van der Waals surface area contributed by atoms with Gasteiger partial charge in [0, 0.05) is 6.54 Å². The molecule has 5 amide bonds. The van der Waals surface area contributed by atoms with Crippen LogP contribution < -0.4 is 21.7 Å². The van der Waals surface area contributed by atoms with Crippen molar-refractivity contribution in [2.24, 2.45) is 17.1 Å². The van der Waals surface area contributed by atoms with Crippen molar-refractivity contribution in [2.45, 2.75) is 97.4 Å². The third kappa shape index (κ3) is 9.32. The van der Waals surface area contributed by atoms with Gasteiger partial charge in [0.25, 0.3) is 5.91 Å². The molecule has 5 N–H and O–H groups in total. The molecule has 12 nitrogen and oxygen atoms in total. The van der Waals surface area contributed by atoms with Crippen LogP contribution in [0.3, 0.4) is 0 Å². The van der Waals surface area contributed by atoms with Crippen LogP contribution in [-0.2, 0) is 28.7 Å². The number of nitrogens with zero attached hydrogens (tertiary/aromatic N) is 1. The number of nitrogens with two attached hydrogens (primary N) is 1. The van der Waals surface area contributed by atoms with E-state index in [1.165, 1.54) is 4.90 Å². The van der Waals surface area contributed by atoms with Crippen molar-refractivity contribution in [2.75, 3.05) is 13.1 Å². The van der Waals surface area contributed by atoms with E-state index in [0.29, 0.717) is 25.8 Å². The van der Waals surface area contributed by atoms with E-state index in [2.05, 4.69) is 16.0 Å². The number of ketones is 1. The van der Waals surface area contributed by atoms with E-state index >= 15 is 0 Å². The Hall–Kier alpha value is -3.18. The number of esters is 1. The van der Waals surface area contributed by atoms with E-state index in [1.807, 2.05) is 0 Å². The Morgan fingerprint density at radius 2 is 1.59 bits per heavy atom. The van der Waals surface area contributed by atoms with Gasteiger partial charge in [0.05, 0.1) is 6.04 Å². The van der Waals surface area contributed by atoms with Crippen LogP contribution in [0.5, 0.6) is 0 Å². The first kappa shape index (κ1) is 30.0. The molecule has 3 atom stereocenters. The molecule has 0 bridgehead atoms. The number of hydrogen-bond donors (Lipinski definition) is 4. The Kier molecular flexibility index (Phi) is 9.67. The maximum Gasteiger partial charge on any atom is 0.325 e. The minimum atomic E-state index is -1.11. The number of urea groups is 1. The highest BCUT2D eigenvalue weighted by molar-refractivity contribution is 6.37. The molecule has 37 heavy (non-hydrogen) atoms. The van der Waals surface area contributed by atoms with E-state index in [-0.39, 0.29) is 12.5 Å². The summed E-state index contributed by atoms with van der Waals surface area (Å²) < 4.78 is 5.17. The second-order valence-corrected chi connectivity index (χ2v) is 11.9. The Morgan fingerprint density at radius 1 is 0.973 bits per heavy atom. The third-order valence-electron chi connectivity index (χ3n) is 6.18. The SMILES string of the molecule is CC(C)(C)OC(=O)CNC(=O)NC(C(=O)N1CCC[C@H]1C(=O)NC(CC1CC1)C(=O)C(N)=O)C(C)(C)C. The van der Waals surface area contributed by atoms with Gasteiger partial charge in [-0.3, -0.25) is 24.0 Å². The molecule has 12 heteroatoms. The standard InChI is InChI=1S/C25H41N5O7/c1-24(2,3)19(29-23(36)27-13-17(31)37-25(4,5)6)22(35)30-11-7-8-16(30)21(34)28-15(12-14-9-10-14)18(32)20(26)33/h14-16,19H,7-13H2,1-6H3,(H2,26,33)(H,28,34)(H2,27,29,36)/t15?,16-,19?/m0/s1. The fraction of sp³-hybridized carbons (Fsp3) is 0.760. The summed E-state index contributed by atoms with van der Waals surface area (Å²) in [6.45, 7) is 10.4. The fourth-order valence-electron chi connectivity index (χ4n) is 4.19. The van der Waals surface area contributed by atoms with E-state index in [9.17, 15) is 28.8 Å². The summed E-state index contributed by atoms with van der Waals surface area (Å²) >= 11 is 0. The average Bonchev–Trinajstić information content (AvgIpc) is 3.43. The molecule has 2 unspecified atom stereocenters. The summed E-state index contributed by atoms with van der Waals surface area (Å²) in [5.41, 5.74) is 3.74. The molecule has 2 rings (SSSR count). The van der Waals surface area contributed by atoms with Crippen molar-refractivity contribution in [1.82, 2.24) is 20.9 Å². The van der Waals surface area contributed by atoms with Gasteiger partial charge in [-0.2, -0.15) is 0 Å². The zero-order chi connectivity index (χ0) is 28.1. The molecule has 1 heterocycles. The van der Waals surface area contributed by atoms with Crippen molar-refractivity contribution in [3.8, 4) is 0 Å². The van der Waals surface area contributed by atoms with Crippen molar-refractivity contribution >= 4 is 35.5 Å². The number of carbonyl (C=O) groups excluding carboxylic acids is 6. The normalized spacial score (nSPS) is 19.4. The van der Waals surface area contributed by atoms with Crippen molar-refractivity contribution in [1.29, 1.82) is 0 Å². The zero-order valence-corrected chi connectivity index (χ0v) is 22.6. The molecular weight excluding hydrogens is 482 g/mol. The largest absolute Gasteiger partial charge is 0.459 e. The van der Waals surface area contributed by atoms with Crippen LogP contribution in [-0.4, -0.2) is 77.2 Å². The van der Waals surface area contributed by atoms with Crippen molar-refractivity contribution in [3.05, 3.63) is 0 Å². The van der Waals surface area contributed by atoms with E-state index in [0.717, 1.165) is 12.8 Å². The van der Waals surface area contributed by atoms with Gasteiger partial charge in [-0.1, -0.05) is 33.6 Å². The lowest BCUT2D eigenvalue weighted by Gasteiger charge is -2.35. The number of hydrogen-bond acceptors (Lipinski definition) is 7. The first-order valence-corrected chi connectivity index (χ1v) is 12.7. The summed E-state index contributed by atoms with van der Waals surface area (Å²) in [7, 11) is 0. The Balaban J connectivity index is 2.07. The Morgan fingerprint density at radius 3 is 2.11 bits per heavy atom. The van der Waals surface area contributed by atoms with Gasteiger partial charge >= 0.3 is 12.0 Å². The molecule has 2 fully saturated rings. The quantitative estimate of drug-likeness (QED) is 0.236. The number of carbonyl (C=O) groups is 6. The average molecular weight is 524 g/mol. The lowest BCUT2D eigenvalue weighted by Crippen LogP contribution is -2.60. The second-order valence-electron chi connectivity index (χ2n) is 11.9. The number of primary amides is 1. The highest BCUT2D eigenvalue weighted by Crippen LogP contribution is 2.34. The lowest BCUT2D eigenvalue weighted by molar-refractivity contribution is -0.153. The molecule has 208 valence electrons. The molecule has 0 spiro atoms. The second kappa shape index (κ2) is 11.9. The monoisotopic (exact) mass is 523 g/mol. The van der Waals surface area contributed by atoms with Crippen LogP contribution in [0.25, 0.3) is 0 Å². The number of amides is 5. The first-order chi connectivity index (χ1) is 17.0. The molecule has 1 aliphatic heterocycles. The van der Waals surface area contributed by atoms with E-state index < -0.39 is 64.6 Å². The van der Waals surface area contributed by atoms with Crippen molar-refractivity contribution < 1.29 is 33.5 Å². The molecule has 1 saturated carbocycles. The van der Waals surface area contributed by atoms with E-state index in [1.54, 1.807) is 41.5 Å². The maximum atomic E-state index is 13.6. The molecule has 0 aromatic carbocycles.